The van der Waals surface area contributed by atoms with Crippen molar-refractivity contribution in [3.05, 3.63) is 97.5 Å². The van der Waals surface area contributed by atoms with Gasteiger partial charge in [0.1, 0.15) is 24.0 Å². The Hall–Kier alpha value is -4.36. The number of nitro benzene ring substituents is 1. The first-order valence-electron chi connectivity index (χ1n) is 10.6. The third kappa shape index (κ3) is 6.84. The molecule has 0 saturated carbocycles. The smallest absolute Gasteiger partial charge is 0.269 e. The van der Waals surface area contributed by atoms with E-state index < -0.39 is 10.8 Å². The largest absolute Gasteiger partial charge is 0.497 e. The molecule has 0 bridgehead atoms. The van der Waals surface area contributed by atoms with Crippen molar-refractivity contribution in [2.45, 2.75) is 13.2 Å². The molecule has 0 aliphatic heterocycles. The Labute approximate surface area is 216 Å². The molecule has 0 aliphatic carbocycles. The van der Waals surface area contributed by atoms with Gasteiger partial charge < -0.3 is 19.5 Å². The fourth-order valence-corrected chi connectivity index (χ4v) is 3.57. The first-order chi connectivity index (χ1) is 17.3. The van der Waals surface area contributed by atoms with Gasteiger partial charge in [-0.3, -0.25) is 14.9 Å². The molecule has 9 nitrogen and oxygen atoms in total. The quantitative estimate of drug-likeness (QED) is 0.159. The Balaban J connectivity index is 1.72. The van der Waals surface area contributed by atoms with Crippen molar-refractivity contribution in [1.29, 1.82) is 5.26 Å². The lowest BCUT2D eigenvalue weighted by Gasteiger charge is -2.13. The number of hydrogen-bond donors (Lipinski definition) is 1. The molecule has 0 radical (unpaired) electrons. The summed E-state index contributed by atoms with van der Waals surface area (Å²) in [6.07, 6.45) is 1.45. The molecule has 0 saturated heterocycles. The number of amides is 1. The predicted molar refractivity (Wildman–Crippen MR) is 137 cm³/mol. The fraction of sp³-hybridized carbons (Fsp3) is 0.154. The number of benzene rings is 3. The summed E-state index contributed by atoms with van der Waals surface area (Å²) in [5.74, 6) is 1.00. The molecule has 0 heterocycles. The monoisotopic (exact) mass is 551 g/mol. The summed E-state index contributed by atoms with van der Waals surface area (Å²) >= 11 is 3.45. The van der Waals surface area contributed by atoms with Crippen LogP contribution in [0.1, 0.15) is 16.7 Å². The first-order valence-corrected chi connectivity index (χ1v) is 11.4. The van der Waals surface area contributed by atoms with Crippen molar-refractivity contribution in [2.75, 3.05) is 14.2 Å². The standard InChI is InChI=1S/C26H22BrN3O6/c1-34-22-9-5-17(6-10-22)15-29-26(31)20(14-28)11-19-12-24(35-2)25(13-23(19)27)36-16-18-3-7-21(8-4-18)30(32)33/h3-13H,15-16H2,1-2H3,(H,29,31)/b20-11-. The van der Waals surface area contributed by atoms with Crippen molar-refractivity contribution < 1.29 is 23.9 Å². The Morgan fingerprint density at radius 3 is 2.31 bits per heavy atom. The Bertz CT molecular complexity index is 1320. The minimum absolute atomic E-state index is 0.00320. The highest BCUT2D eigenvalue weighted by atomic mass is 79.9. The number of nitrogens with zero attached hydrogens (tertiary/aromatic N) is 2. The zero-order valence-corrected chi connectivity index (χ0v) is 21.1. The SMILES string of the molecule is COc1ccc(CNC(=O)/C(C#N)=C\c2cc(OC)c(OCc3ccc([N+](=O)[O-])cc3)cc2Br)cc1. The van der Waals surface area contributed by atoms with Gasteiger partial charge in [-0.05, 0) is 59.2 Å². The second-order valence-corrected chi connectivity index (χ2v) is 8.29. The Morgan fingerprint density at radius 1 is 1.06 bits per heavy atom. The van der Waals surface area contributed by atoms with Crippen LogP contribution in [0.4, 0.5) is 5.69 Å². The van der Waals surface area contributed by atoms with Crippen LogP contribution < -0.4 is 19.5 Å². The number of ether oxygens (including phenoxy) is 3. The van der Waals surface area contributed by atoms with Gasteiger partial charge in [0.25, 0.3) is 11.6 Å². The van der Waals surface area contributed by atoms with Crippen LogP contribution in [0.2, 0.25) is 0 Å². The van der Waals surface area contributed by atoms with Gasteiger partial charge in [0.05, 0.1) is 19.1 Å². The molecule has 10 heteroatoms. The van der Waals surface area contributed by atoms with E-state index in [0.29, 0.717) is 27.3 Å². The van der Waals surface area contributed by atoms with E-state index in [-0.39, 0.29) is 24.4 Å². The number of halogens is 1. The van der Waals surface area contributed by atoms with Crippen LogP contribution in [-0.2, 0) is 17.9 Å². The maximum Gasteiger partial charge on any atom is 0.269 e. The second-order valence-electron chi connectivity index (χ2n) is 7.44. The van der Waals surface area contributed by atoms with Crippen LogP contribution in [0, 0.1) is 21.4 Å². The van der Waals surface area contributed by atoms with Crippen LogP contribution >= 0.6 is 15.9 Å². The van der Waals surface area contributed by atoms with Gasteiger partial charge in [0.2, 0.25) is 0 Å². The van der Waals surface area contributed by atoms with E-state index in [0.717, 1.165) is 11.1 Å². The molecule has 184 valence electrons. The number of methoxy groups -OCH3 is 2. The van der Waals surface area contributed by atoms with Crippen LogP contribution in [0.25, 0.3) is 6.08 Å². The number of non-ortho nitro benzene ring substituents is 1. The summed E-state index contributed by atoms with van der Waals surface area (Å²) in [6, 6.07) is 18.5. The van der Waals surface area contributed by atoms with Crippen LogP contribution in [0.3, 0.4) is 0 Å². The van der Waals surface area contributed by atoms with Crippen molar-refractivity contribution in [2.24, 2.45) is 0 Å². The van der Waals surface area contributed by atoms with Gasteiger partial charge >= 0.3 is 0 Å². The molecule has 3 aromatic rings. The lowest BCUT2D eigenvalue weighted by atomic mass is 10.1. The topological polar surface area (TPSA) is 124 Å². The number of nitro groups is 1. The van der Waals surface area contributed by atoms with Gasteiger partial charge in [-0.1, -0.05) is 28.1 Å². The minimum atomic E-state index is -0.516. The van der Waals surface area contributed by atoms with Gasteiger partial charge in [0.15, 0.2) is 11.5 Å². The maximum absolute atomic E-state index is 12.6. The summed E-state index contributed by atoms with van der Waals surface area (Å²) in [5, 5.41) is 23.1. The van der Waals surface area contributed by atoms with Gasteiger partial charge in [0, 0.05) is 23.2 Å². The molecular formula is C26H22BrN3O6. The van der Waals surface area contributed by atoms with Crippen LogP contribution in [0.5, 0.6) is 17.2 Å². The zero-order valence-electron chi connectivity index (χ0n) is 19.5. The Morgan fingerprint density at radius 2 is 1.72 bits per heavy atom. The van der Waals surface area contributed by atoms with E-state index in [1.807, 2.05) is 18.2 Å². The molecule has 36 heavy (non-hydrogen) atoms. The number of hydrogen-bond acceptors (Lipinski definition) is 7. The molecule has 0 unspecified atom stereocenters. The lowest BCUT2D eigenvalue weighted by molar-refractivity contribution is -0.384. The summed E-state index contributed by atoms with van der Waals surface area (Å²) in [5.41, 5.74) is 2.06. The van der Waals surface area contributed by atoms with E-state index in [1.54, 1.807) is 43.5 Å². The average molecular weight is 552 g/mol. The van der Waals surface area contributed by atoms with E-state index in [1.165, 1.54) is 25.3 Å². The predicted octanol–water partition coefficient (Wildman–Crippen LogP) is 5.18. The van der Waals surface area contributed by atoms with Crippen molar-refractivity contribution in [3.63, 3.8) is 0 Å². The molecule has 0 fully saturated rings. The Kier molecular flexibility index (Phi) is 9.02. The number of carbonyl (C=O) groups is 1. The molecule has 0 aliphatic rings. The van der Waals surface area contributed by atoms with Gasteiger partial charge in [-0.25, -0.2) is 0 Å². The molecule has 3 rings (SSSR count). The average Bonchev–Trinajstić information content (AvgIpc) is 2.90. The number of nitriles is 1. The summed E-state index contributed by atoms with van der Waals surface area (Å²) in [4.78, 5) is 22.9. The molecule has 0 aromatic heterocycles. The molecule has 0 atom stereocenters. The van der Waals surface area contributed by atoms with Crippen LogP contribution in [0.15, 0.2) is 70.7 Å². The van der Waals surface area contributed by atoms with E-state index in [2.05, 4.69) is 21.2 Å². The highest BCUT2D eigenvalue weighted by Crippen LogP contribution is 2.35. The molecule has 1 N–H and O–H groups in total. The molecule has 3 aromatic carbocycles. The number of carbonyl (C=O) groups excluding carboxylic acids is 1. The summed E-state index contributed by atoms with van der Waals surface area (Å²) < 4.78 is 17.0. The van der Waals surface area contributed by atoms with E-state index in [9.17, 15) is 20.2 Å². The highest BCUT2D eigenvalue weighted by Gasteiger charge is 2.14. The third-order valence-corrected chi connectivity index (χ3v) is 5.79. The highest BCUT2D eigenvalue weighted by molar-refractivity contribution is 9.10. The normalized spacial score (nSPS) is 10.8. The van der Waals surface area contributed by atoms with E-state index >= 15 is 0 Å². The van der Waals surface area contributed by atoms with Crippen molar-refractivity contribution in [1.82, 2.24) is 5.32 Å². The number of nitrogens with one attached hydrogen (secondary N) is 1. The molecular weight excluding hydrogens is 530 g/mol. The van der Waals surface area contributed by atoms with Crippen molar-refractivity contribution in [3.8, 4) is 23.3 Å². The fourth-order valence-electron chi connectivity index (χ4n) is 3.13. The van der Waals surface area contributed by atoms with Gasteiger partial charge in [-0.2, -0.15) is 5.26 Å². The van der Waals surface area contributed by atoms with Gasteiger partial charge in [-0.15, -0.1) is 0 Å². The first kappa shape index (κ1) is 26.2. The molecule has 0 spiro atoms. The number of rotatable bonds is 10. The second kappa shape index (κ2) is 12.4. The molecule has 1 amide bonds. The summed E-state index contributed by atoms with van der Waals surface area (Å²) in [7, 11) is 3.05. The van der Waals surface area contributed by atoms with E-state index in [4.69, 9.17) is 14.2 Å². The maximum atomic E-state index is 12.6. The lowest BCUT2D eigenvalue weighted by Crippen LogP contribution is -2.23. The van der Waals surface area contributed by atoms with Crippen LogP contribution in [-0.4, -0.2) is 25.1 Å². The minimum Gasteiger partial charge on any atom is -0.497 e. The zero-order chi connectivity index (χ0) is 26.1. The third-order valence-electron chi connectivity index (χ3n) is 5.10. The van der Waals surface area contributed by atoms with Crippen molar-refractivity contribution >= 4 is 33.6 Å². The summed E-state index contributed by atoms with van der Waals surface area (Å²) in [6.45, 7) is 0.412.